The van der Waals surface area contributed by atoms with Gasteiger partial charge in [-0.2, -0.15) is 13.2 Å². The minimum Gasteiger partial charge on any atom is -0.466 e. The third kappa shape index (κ3) is 3.18. The maximum Gasteiger partial charge on any atom is 0.416 e. The fourth-order valence-electron chi connectivity index (χ4n) is 2.64. The predicted molar refractivity (Wildman–Crippen MR) is 87.2 cm³/mol. The van der Waals surface area contributed by atoms with Gasteiger partial charge in [-0.25, -0.2) is 9.38 Å². The van der Waals surface area contributed by atoms with E-state index in [9.17, 15) is 17.6 Å². The topological polar surface area (TPSA) is 47.6 Å². The summed E-state index contributed by atoms with van der Waals surface area (Å²) in [5, 5.41) is 0. The molecule has 0 radical (unpaired) electrons. The molecule has 0 spiro atoms. The third-order valence-electron chi connectivity index (χ3n) is 4.13. The second-order valence-corrected chi connectivity index (χ2v) is 6.04. The number of nitrogens with zero attached hydrogens (tertiary/aromatic N) is 1. The SMILES string of the molecule is CCC1(C)N=C(c2ccc(C(F)(F)F)cc2)c2c(F)cc(N)cc2O1. The van der Waals surface area contributed by atoms with Crippen LogP contribution in [0.3, 0.4) is 0 Å². The number of alkyl halides is 3. The molecule has 0 saturated heterocycles. The molecule has 0 amide bonds. The van der Waals surface area contributed by atoms with Gasteiger partial charge in [-0.15, -0.1) is 0 Å². The summed E-state index contributed by atoms with van der Waals surface area (Å²) in [6.07, 6.45) is -3.95. The molecule has 1 heterocycles. The van der Waals surface area contributed by atoms with E-state index in [2.05, 4.69) is 4.99 Å². The Kier molecular flexibility index (Phi) is 3.97. The first kappa shape index (κ1) is 17.3. The van der Waals surface area contributed by atoms with E-state index in [0.717, 1.165) is 18.2 Å². The normalized spacial score (nSPS) is 19.8. The van der Waals surface area contributed by atoms with Crippen molar-refractivity contribution in [3.05, 3.63) is 58.9 Å². The fraction of sp³-hybridized carbons (Fsp3) is 0.278. The maximum atomic E-state index is 14.5. The standard InChI is InChI=1S/C18H16F4N2O/c1-3-17(2)24-16(10-4-6-11(7-5-10)18(20,21)22)15-13(19)8-12(23)9-14(15)25-17/h4-9H,3,23H2,1-2H3. The van der Waals surface area contributed by atoms with E-state index in [1.54, 1.807) is 6.92 Å². The van der Waals surface area contributed by atoms with E-state index < -0.39 is 23.3 Å². The number of anilines is 1. The Morgan fingerprint density at radius 3 is 2.36 bits per heavy atom. The van der Waals surface area contributed by atoms with Gasteiger partial charge >= 0.3 is 6.18 Å². The third-order valence-corrected chi connectivity index (χ3v) is 4.13. The van der Waals surface area contributed by atoms with E-state index in [1.165, 1.54) is 18.2 Å². The molecule has 2 aromatic rings. The number of fused-ring (bicyclic) bond motifs is 1. The van der Waals surface area contributed by atoms with Gasteiger partial charge in [-0.3, -0.25) is 0 Å². The molecule has 0 fully saturated rings. The molecular formula is C18H16F4N2O. The number of hydrogen-bond donors (Lipinski definition) is 1. The zero-order valence-corrected chi connectivity index (χ0v) is 13.6. The van der Waals surface area contributed by atoms with E-state index in [1.807, 2.05) is 6.92 Å². The Morgan fingerprint density at radius 2 is 1.80 bits per heavy atom. The van der Waals surface area contributed by atoms with Crippen LogP contribution in [0.4, 0.5) is 23.2 Å². The Bertz CT molecular complexity index is 843. The number of benzene rings is 2. The van der Waals surface area contributed by atoms with Crippen molar-refractivity contribution in [2.24, 2.45) is 4.99 Å². The summed E-state index contributed by atoms with van der Waals surface area (Å²) in [6, 6.07) is 7.09. The van der Waals surface area contributed by atoms with E-state index in [-0.39, 0.29) is 22.7 Å². The Morgan fingerprint density at radius 1 is 1.16 bits per heavy atom. The number of aliphatic imine (C=N–C) groups is 1. The van der Waals surface area contributed by atoms with Gasteiger partial charge in [0.1, 0.15) is 11.6 Å². The number of hydrogen-bond acceptors (Lipinski definition) is 3. The summed E-state index contributed by atoms with van der Waals surface area (Å²) in [5.74, 6) is -0.404. The first-order valence-electron chi connectivity index (χ1n) is 7.69. The highest BCUT2D eigenvalue weighted by Crippen LogP contribution is 2.37. The van der Waals surface area contributed by atoms with Gasteiger partial charge in [-0.05, 0) is 25.1 Å². The first-order chi connectivity index (χ1) is 11.6. The highest BCUT2D eigenvalue weighted by Gasteiger charge is 2.34. The number of halogens is 4. The van der Waals surface area contributed by atoms with E-state index >= 15 is 0 Å². The molecule has 1 unspecified atom stereocenters. The van der Waals surface area contributed by atoms with Gasteiger partial charge in [0.15, 0.2) is 5.72 Å². The van der Waals surface area contributed by atoms with Crippen molar-refractivity contribution in [3.8, 4) is 5.75 Å². The van der Waals surface area contributed by atoms with Crippen molar-refractivity contribution in [1.82, 2.24) is 0 Å². The zero-order chi connectivity index (χ0) is 18.4. The van der Waals surface area contributed by atoms with Gasteiger partial charge < -0.3 is 10.5 Å². The summed E-state index contributed by atoms with van der Waals surface area (Å²) < 4.78 is 58.5. The summed E-state index contributed by atoms with van der Waals surface area (Å²) in [5.41, 5.74) is 4.87. The molecule has 1 aliphatic rings. The monoisotopic (exact) mass is 352 g/mol. The van der Waals surface area contributed by atoms with Gasteiger partial charge in [-0.1, -0.05) is 19.1 Å². The quantitative estimate of drug-likeness (QED) is 0.624. The van der Waals surface area contributed by atoms with Gasteiger partial charge in [0.2, 0.25) is 0 Å². The van der Waals surface area contributed by atoms with Gasteiger partial charge in [0.25, 0.3) is 0 Å². The average Bonchev–Trinajstić information content (AvgIpc) is 2.52. The predicted octanol–water partition coefficient (Wildman–Crippen LogP) is 4.78. The summed E-state index contributed by atoms with van der Waals surface area (Å²) in [4.78, 5) is 4.46. The second-order valence-electron chi connectivity index (χ2n) is 6.04. The van der Waals surface area contributed by atoms with E-state index in [4.69, 9.17) is 10.5 Å². The smallest absolute Gasteiger partial charge is 0.416 e. The second kappa shape index (κ2) is 5.75. The highest BCUT2D eigenvalue weighted by molar-refractivity contribution is 6.15. The van der Waals surface area contributed by atoms with Crippen LogP contribution in [0.5, 0.6) is 5.75 Å². The molecule has 7 heteroatoms. The van der Waals surface area contributed by atoms with Crippen LogP contribution in [-0.2, 0) is 6.18 Å². The largest absolute Gasteiger partial charge is 0.466 e. The van der Waals surface area contributed by atoms with Crippen molar-refractivity contribution in [2.45, 2.75) is 32.2 Å². The lowest BCUT2D eigenvalue weighted by Gasteiger charge is -2.32. The van der Waals surface area contributed by atoms with Gasteiger partial charge in [0, 0.05) is 23.7 Å². The van der Waals surface area contributed by atoms with E-state index in [0.29, 0.717) is 12.0 Å². The summed E-state index contributed by atoms with van der Waals surface area (Å²) in [7, 11) is 0. The number of nitrogen functional groups attached to an aromatic ring is 1. The van der Waals surface area contributed by atoms with Crippen molar-refractivity contribution in [1.29, 1.82) is 0 Å². The Hall–Kier alpha value is -2.57. The van der Waals surface area contributed by atoms with Crippen LogP contribution in [0.15, 0.2) is 41.4 Å². The Balaban J connectivity index is 2.16. The van der Waals surface area contributed by atoms with Crippen molar-refractivity contribution in [2.75, 3.05) is 5.73 Å². The average molecular weight is 352 g/mol. The zero-order valence-electron chi connectivity index (χ0n) is 13.6. The lowest BCUT2D eigenvalue weighted by Crippen LogP contribution is -2.35. The lowest BCUT2D eigenvalue weighted by atomic mass is 9.96. The lowest BCUT2D eigenvalue weighted by molar-refractivity contribution is -0.137. The maximum absolute atomic E-state index is 14.5. The molecule has 1 aliphatic heterocycles. The van der Waals surface area contributed by atoms with Crippen molar-refractivity contribution < 1.29 is 22.3 Å². The molecule has 3 nitrogen and oxygen atoms in total. The molecule has 0 saturated carbocycles. The van der Waals surface area contributed by atoms with Crippen LogP contribution < -0.4 is 10.5 Å². The van der Waals surface area contributed by atoms with Crippen LogP contribution in [0.25, 0.3) is 0 Å². The van der Waals surface area contributed by atoms with Crippen molar-refractivity contribution >= 4 is 11.4 Å². The highest BCUT2D eigenvalue weighted by atomic mass is 19.4. The van der Waals surface area contributed by atoms with Crippen LogP contribution in [0.2, 0.25) is 0 Å². The molecule has 1 atom stereocenters. The molecule has 2 N–H and O–H groups in total. The fourth-order valence-corrected chi connectivity index (χ4v) is 2.64. The van der Waals surface area contributed by atoms with Crippen LogP contribution in [-0.4, -0.2) is 11.4 Å². The Labute approximate surface area is 142 Å². The van der Waals surface area contributed by atoms with Crippen LogP contribution >= 0.6 is 0 Å². The molecular weight excluding hydrogens is 336 g/mol. The number of rotatable bonds is 2. The number of nitrogens with two attached hydrogens (primary N) is 1. The first-order valence-corrected chi connectivity index (χ1v) is 7.69. The molecule has 0 aliphatic carbocycles. The van der Waals surface area contributed by atoms with Crippen LogP contribution in [0, 0.1) is 5.82 Å². The minimum atomic E-state index is -4.44. The van der Waals surface area contributed by atoms with Crippen molar-refractivity contribution in [3.63, 3.8) is 0 Å². The van der Waals surface area contributed by atoms with Crippen LogP contribution in [0.1, 0.15) is 37.0 Å². The molecule has 25 heavy (non-hydrogen) atoms. The minimum absolute atomic E-state index is 0.0971. The molecule has 3 rings (SSSR count). The molecule has 0 aromatic heterocycles. The number of ether oxygens (including phenoxy) is 1. The summed E-state index contributed by atoms with van der Waals surface area (Å²) >= 11 is 0. The van der Waals surface area contributed by atoms with Gasteiger partial charge in [0.05, 0.1) is 16.8 Å². The summed E-state index contributed by atoms with van der Waals surface area (Å²) in [6.45, 7) is 3.57. The molecule has 132 valence electrons. The molecule has 0 bridgehead atoms. The molecule has 2 aromatic carbocycles.